The Kier molecular flexibility index (Phi) is 6.71. The Labute approximate surface area is 233 Å². The van der Waals surface area contributed by atoms with Gasteiger partial charge in [0.05, 0.1) is 20.7 Å². The molecule has 6 heteroatoms. The summed E-state index contributed by atoms with van der Waals surface area (Å²) >= 11 is 2.27. The molecule has 6 rings (SSSR count). The lowest BCUT2D eigenvalue weighted by Crippen LogP contribution is -2.20. The average molecular weight is 607 g/mol. The fraction of sp³-hybridized carbons (Fsp3) is 0.0312. The summed E-state index contributed by atoms with van der Waals surface area (Å²) < 4.78 is 8.50. The van der Waals surface area contributed by atoms with Crippen LogP contribution in [-0.2, 0) is 6.61 Å². The van der Waals surface area contributed by atoms with Crippen LogP contribution in [0.3, 0.4) is 0 Å². The fourth-order valence-electron chi connectivity index (χ4n) is 4.42. The van der Waals surface area contributed by atoms with Crippen LogP contribution in [-0.4, -0.2) is 15.9 Å². The topological polar surface area (TPSA) is 56.5 Å². The lowest BCUT2D eigenvalue weighted by Gasteiger charge is -2.11. The van der Waals surface area contributed by atoms with Gasteiger partial charge in [-0.15, -0.1) is 0 Å². The van der Waals surface area contributed by atoms with E-state index in [1.54, 1.807) is 12.3 Å². The predicted molar refractivity (Wildman–Crippen MR) is 162 cm³/mol. The van der Waals surface area contributed by atoms with Gasteiger partial charge in [0.15, 0.2) is 5.82 Å². The summed E-state index contributed by atoms with van der Waals surface area (Å²) in [7, 11) is 0. The predicted octanol–water partition coefficient (Wildman–Crippen LogP) is 7.28. The zero-order valence-electron chi connectivity index (χ0n) is 20.3. The van der Waals surface area contributed by atoms with Gasteiger partial charge in [-0.3, -0.25) is 4.79 Å². The molecule has 38 heavy (non-hydrogen) atoms. The van der Waals surface area contributed by atoms with Crippen molar-refractivity contribution in [3.63, 3.8) is 0 Å². The van der Waals surface area contributed by atoms with Crippen molar-refractivity contribution in [3.8, 4) is 17.1 Å². The molecule has 6 aromatic rings. The summed E-state index contributed by atoms with van der Waals surface area (Å²) in [6.45, 7) is 0.476. The second kappa shape index (κ2) is 10.6. The molecule has 0 atom stereocenters. The van der Waals surface area contributed by atoms with Crippen molar-refractivity contribution in [2.24, 2.45) is 5.10 Å². The molecule has 0 saturated carbocycles. The van der Waals surface area contributed by atoms with Crippen LogP contribution in [0.15, 0.2) is 125 Å². The molecule has 184 valence electrons. The number of aromatic nitrogens is 2. The zero-order valence-corrected chi connectivity index (χ0v) is 22.4. The second-order valence-electron chi connectivity index (χ2n) is 8.80. The fourth-order valence-corrected chi connectivity index (χ4v) is 5.11. The summed E-state index contributed by atoms with van der Waals surface area (Å²) in [4.78, 5) is 18.1. The Morgan fingerprint density at radius 1 is 0.816 bits per heavy atom. The normalized spacial score (nSPS) is 11.4. The minimum Gasteiger partial charge on any atom is -0.488 e. The summed E-state index contributed by atoms with van der Waals surface area (Å²) in [5.74, 6) is 1.29. The SMILES string of the molecule is O=c1c2ccccc2nc(-c2ccccc2)n1N=Cc1ccc(OCc2cccc3ccccc23)c(I)c1. The van der Waals surface area contributed by atoms with Gasteiger partial charge in [-0.05, 0) is 74.8 Å². The number of nitrogens with zero attached hydrogens (tertiary/aromatic N) is 3. The molecular formula is C32H22IN3O2. The first kappa shape index (κ1) is 24.1. The van der Waals surface area contributed by atoms with Crippen LogP contribution >= 0.6 is 22.6 Å². The largest absolute Gasteiger partial charge is 0.488 e. The van der Waals surface area contributed by atoms with E-state index in [1.807, 2.05) is 78.9 Å². The highest BCUT2D eigenvalue weighted by Crippen LogP contribution is 2.25. The highest BCUT2D eigenvalue weighted by atomic mass is 127. The number of ether oxygens (including phenoxy) is 1. The first-order valence-electron chi connectivity index (χ1n) is 12.2. The smallest absolute Gasteiger partial charge is 0.282 e. The number of hydrogen-bond donors (Lipinski definition) is 0. The number of hydrogen-bond acceptors (Lipinski definition) is 4. The minimum absolute atomic E-state index is 0.213. The van der Waals surface area contributed by atoms with E-state index in [2.05, 4.69) is 58.0 Å². The molecular weight excluding hydrogens is 585 g/mol. The molecule has 0 aliphatic carbocycles. The van der Waals surface area contributed by atoms with Crippen molar-refractivity contribution in [1.82, 2.24) is 9.66 Å². The third-order valence-electron chi connectivity index (χ3n) is 6.33. The van der Waals surface area contributed by atoms with E-state index in [-0.39, 0.29) is 5.56 Å². The maximum atomic E-state index is 13.4. The molecule has 0 bridgehead atoms. The second-order valence-corrected chi connectivity index (χ2v) is 9.96. The van der Waals surface area contributed by atoms with Crippen molar-refractivity contribution in [2.75, 3.05) is 0 Å². The lowest BCUT2D eigenvalue weighted by atomic mass is 10.1. The third kappa shape index (κ3) is 4.82. The van der Waals surface area contributed by atoms with Gasteiger partial charge in [0.25, 0.3) is 5.56 Å². The number of para-hydroxylation sites is 1. The van der Waals surface area contributed by atoms with E-state index in [1.165, 1.54) is 15.4 Å². The van der Waals surface area contributed by atoms with Crippen molar-refractivity contribution in [1.29, 1.82) is 0 Å². The van der Waals surface area contributed by atoms with Crippen LogP contribution in [0.5, 0.6) is 5.75 Å². The van der Waals surface area contributed by atoms with Gasteiger partial charge in [-0.1, -0.05) is 84.9 Å². The molecule has 0 spiro atoms. The Hall–Kier alpha value is -4.30. The van der Waals surface area contributed by atoms with Gasteiger partial charge in [0.2, 0.25) is 0 Å². The first-order valence-corrected chi connectivity index (χ1v) is 13.3. The number of fused-ring (bicyclic) bond motifs is 2. The van der Waals surface area contributed by atoms with Crippen LogP contribution in [0, 0.1) is 3.57 Å². The van der Waals surface area contributed by atoms with Gasteiger partial charge in [0.1, 0.15) is 12.4 Å². The minimum atomic E-state index is -0.213. The standard InChI is InChI=1S/C32H22IN3O2/c33-28-19-22(17-18-30(28)38-21-25-13-8-12-23-9-4-5-14-26(23)25)20-34-36-31(24-10-2-1-3-11-24)35-29-16-7-6-15-27(29)32(36)37/h1-20H,21H2. The zero-order chi connectivity index (χ0) is 25.9. The summed E-state index contributed by atoms with van der Waals surface area (Å²) in [6.07, 6.45) is 1.68. The van der Waals surface area contributed by atoms with Gasteiger partial charge in [-0.25, -0.2) is 4.98 Å². The van der Waals surface area contributed by atoms with Crippen molar-refractivity contribution >= 4 is 50.5 Å². The Balaban J connectivity index is 1.30. The quantitative estimate of drug-likeness (QED) is 0.148. The first-order chi connectivity index (χ1) is 18.7. The third-order valence-corrected chi connectivity index (χ3v) is 7.17. The number of halogens is 1. The summed E-state index contributed by atoms with van der Waals surface area (Å²) in [5.41, 5.74) is 3.24. The van der Waals surface area contributed by atoms with E-state index < -0.39 is 0 Å². The molecule has 0 aliphatic heterocycles. The summed E-state index contributed by atoms with van der Waals surface area (Å²) in [5, 5.41) is 7.49. The van der Waals surface area contributed by atoms with Crippen molar-refractivity contribution in [2.45, 2.75) is 6.61 Å². The summed E-state index contributed by atoms with van der Waals surface area (Å²) in [6, 6.07) is 37.4. The Morgan fingerprint density at radius 2 is 1.55 bits per heavy atom. The van der Waals surface area contributed by atoms with Crippen molar-refractivity contribution < 1.29 is 4.74 Å². The van der Waals surface area contributed by atoms with E-state index in [0.717, 1.165) is 26.0 Å². The van der Waals surface area contributed by atoms with Crippen LogP contribution in [0.1, 0.15) is 11.1 Å². The Morgan fingerprint density at radius 3 is 2.39 bits per heavy atom. The highest BCUT2D eigenvalue weighted by molar-refractivity contribution is 14.1. The molecule has 0 amide bonds. The van der Waals surface area contributed by atoms with Crippen LogP contribution in [0.25, 0.3) is 33.1 Å². The van der Waals surface area contributed by atoms with Gasteiger partial charge < -0.3 is 4.74 Å². The van der Waals surface area contributed by atoms with Crippen molar-refractivity contribution in [3.05, 3.63) is 140 Å². The Bertz CT molecular complexity index is 1860. The van der Waals surface area contributed by atoms with E-state index in [0.29, 0.717) is 23.3 Å². The highest BCUT2D eigenvalue weighted by Gasteiger charge is 2.12. The molecule has 0 unspecified atom stereocenters. The molecule has 5 aromatic carbocycles. The van der Waals surface area contributed by atoms with Gasteiger partial charge in [-0.2, -0.15) is 9.78 Å². The maximum absolute atomic E-state index is 13.4. The van der Waals surface area contributed by atoms with E-state index >= 15 is 0 Å². The van der Waals surface area contributed by atoms with Crippen LogP contribution in [0.4, 0.5) is 0 Å². The monoisotopic (exact) mass is 607 g/mol. The van der Waals surface area contributed by atoms with Gasteiger partial charge >= 0.3 is 0 Å². The van der Waals surface area contributed by atoms with Crippen LogP contribution in [0.2, 0.25) is 0 Å². The molecule has 0 aliphatic rings. The van der Waals surface area contributed by atoms with Gasteiger partial charge in [0, 0.05) is 5.56 Å². The molecule has 0 saturated heterocycles. The van der Waals surface area contributed by atoms with E-state index in [9.17, 15) is 4.79 Å². The number of benzene rings is 5. The molecule has 1 aromatic heterocycles. The molecule has 1 heterocycles. The number of rotatable bonds is 6. The maximum Gasteiger partial charge on any atom is 0.282 e. The molecule has 0 radical (unpaired) electrons. The van der Waals surface area contributed by atoms with E-state index in [4.69, 9.17) is 9.72 Å². The average Bonchev–Trinajstić information content (AvgIpc) is 2.96. The lowest BCUT2D eigenvalue weighted by molar-refractivity contribution is 0.305. The molecule has 5 nitrogen and oxygen atoms in total. The molecule has 0 N–H and O–H groups in total. The molecule has 0 fully saturated rings. The van der Waals surface area contributed by atoms with Crippen LogP contribution < -0.4 is 10.3 Å².